The molecule has 13 heavy (non-hydrogen) atoms. The molecule has 0 radical (unpaired) electrons. The lowest BCUT2D eigenvalue weighted by Crippen LogP contribution is -2.47. The van der Waals surface area contributed by atoms with Gasteiger partial charge < -0.3 is 14.9 Å². The molecule has 0 bridgehead atoms. The van der Waals surface area contributed by atoms with E-state index in [1.54, 1.807) is 13.8 Å². The average molecular weight is 190 g/mol. The summed E-state index contributed by atoms with van der Waals surface area (Å²) in [6.45, 7) is 10.5. The van der Waals surface area contributed by atoms with Crippen molar-refractivity contribution in [1.82, 2.24) is 0 Å². The monoisotopic (exact) mass is 190 g/mol. The maximum absolute atomic E-state index is 9.79. The van der Waals surface area contributed by atoms with Crippen LogP contribution in [0.2, 0.25) is 0 Å². The van der Waals surface area contributed by atoms with E-state index in [9.17, 15) is 10.2 Å². The first-order chi connectivity index (χ1) is 5.59. The molecule has 0 saturated heterocycles. The van der Waals surface area contributed by atoms with E-state index in [4.69, 9.17) is 4.74 Å². The number of hydrogen-bond donors (Lipinski definition) is 2. The highest BCUT2D eigenvalue weighted by molar-refractivity contribution is 4.72. The topological polar surface area (TPSA) is 49.7 Å². The molecule has 0 rings (SSSR count). The van der Waals surface area contributed by atoms with Gasteiger partial charge in [0.25, 0.3) is 0 Å². The fourth-order valence-electron chi connectivity index (χ4n) is 0.654. The molecule has 0 aliphatic carbocycles. The maximum Gasteiger partial charge on any atom is 0.168 e. The van der Waals surface area contributed by atoms with Gasteiger partial charge in [-0.1, -0.05) is 27.7 Å². The second kappa shape index (κ2) is 3.95. The lowest BCUT2D eigenvalue weighted by Gasteiger charge is -2.38. The standard InChI is InChI=1S/C10H22O3/c1-7(2)9(5,11)13-10(6,12)8(3)4/h7-8,11-12H,1-6H3. The summed E-state index contributed by atoms with van der Waals surface area (Å²) >= 11 is 0. The molecule has 0 aliphatic heterocycles. The Hall–Kier alpha value is -0.120. The molecule has 0 heterocycles. The SMILES string of the molecule is CC(C)C(C)(O)OC(C)(O)C(C)C. The van der Waals surface area contributed by atoms with E-state index in [-0.39, 0.29) is 11.8 Å². The summed E-state index contributed by atoms with van der Waals surface area (Å²) in [6.07, 6.45) is 0. The molecule has 3 heteroatoms. The molecule has 0 saturated carbocycles. The summed E-state index contributed by atoms with van der Waals surface area (Å²) in [7, 11) is 0. The predicted molar refractivity (Wildman–Crippen MR) is 52.0 cm³/mol. The minimum atomic E-state index is -1.28. The van der Waals surface area contributed by atoms with Crippen LogP contribution in [0.5, 0.6) is 0 Å². The van der Waals surface area contributed by atoms with Crippen LogP contribution in [0.25, 0.3) is 0 Å². The summed E-state index contributed by atoms with van der Waals surface area (Å²) in [4.78, 5) is 0. The Balaban J connectivity index is 4.42. The molecular weight excluding hydrogens is 168 g/mol. The zero-order chi connectivity index (χ0) is 10.9. The Kier molecular flexibility index (Phi) is 3.91. The van der Waals surface area contributed by atoms with Crippen molar-refractivity contribution in [2.75, 3.05) is 0 Å². The normalized spacial score (nSPS) is 21.7. The third-order valence-corrected chi connectivity index (χ3v) is 2.56. The molecule has 0 aromatic heterocycles. The molecule has 80 valence electrons. The van der Waals surface area contributed by atoms with Crippen LogP contribution in [0.4, 0.5) is 0 Å². The van der Waals surface area contributed by atoms with Gasteiger partial charge in [-0.05, 0) is 13.8 Å². The number of hydrogen-bond acceptors (Lipinski definition) is 3. The Morgan fingerprint density at radius 2 is 1.08 bits per heavy atom. The second-order valence-electron chi connectivity index (χ2n) is 4.52. The van der Waals surface area contributed by atoms with Crippen molar-refractivity contribution in [1.29, 1.82) is 0 Å². The van der Waals surface area contributed by atoms with Gasteiger partial charge in [-0.3, -0.25) is 0 Å². The summed E-state index contributed by atoms with van der Waals surface area (Å²) in [6, 6.07) is 0. The zero-order valence-electron chi connectivity index (χ0n) is 9.46. The van der Waals surface area contributed by atoms with Crippen LogP contribution in [0.1, 0.15) is 41.5 Å². The van der Waals surface area contributed by atoms with Crippen molar-refractivity contribution in [2.45, 2.75) is 53.1 Å². The highest BCUT2D eigenvalue weighted by Crippen LogP contribution is 2.28. The quantitative estimate of drug-likeness (QED) is 0.664. The Labute approximate surface area is 80.7 Å². The van der Waals surface area contributed by atoms with Crippen LogP contribution in [0.15, 0.2) is 0 Å². The van der Waals surface area contributed by atoms with Crippen LogP contribution in [0, 0.1) is 11.8 Å². The van der Waals surface area contributed by atoms with Gasteiger partial charge in [-0.25, -0.2) is 0 Å². The highest BCUT2D eigenvalue weighted by Gasteiger charge is 2.37. The van der Waals surface area contributed by atoms with Gasteiger partial charge in [-0.2, -0.15) is 0 Å². The third-order valence-electron chi connectivity index (χ3n) is 2.56. The lowest BCUT2D eigenvalue weighted by molar-refractivity contribution is -0.347. The van der Waals surface area contributed by atoms with Crippen molar-refractivity contribution >= 4 is 0 Å². The smallest absolute Gasteiger partial charge is 0.168 e. The van der Waals surface area contributed by atoms with Crippen LogP contribution in [-0.2, 0) is 4.74 Å². The van der Waals surface area contributed by atoms with Crippen molar-refractivity contribution in [3.8, 4) is 0 Å². The highest BCUT2D eigenvalue weighted by atomic mass is 16.7. The summed E-state index contributed by atoms with van der Waals surface area (Å²) in [5.74, 6) is -2.68. The van der Waals surface area contributed by atoms with E-state index >= 15 is 0 Å². The molecule has 0 spiro atoms. The van der Waals surface area contributed by atoms with Gasteiger partial charge in [0.1, 0.15) is 0 Å². The second-order valence-corrected chi connectivity index (χ2v) is 4.52. The van der Waals surface area contributed by atoms with E-state index in [1.165, 1.54) is 0 Å². The van der Waals surface area contributed by atoms with Crippen LogP contribution >= 0.6 is 0 Å². The van der Waals surface area contributed by atoms with E-state index in [0.717, 1.165) is 0 Å². The molecule has 3 nitrogen and oxygen atoms in total. The van der Waals surface area contributed by atoms with Crippen LogP contribution in [-0.4, -0.2) is 21.8 Å². The molecule has 2 atom stereocenters. The molecule has 0 amide bonds. The molecule has 2 unspecified atom stereocenters. The summed E-state index contributed by atoms with van der Waals surface area (Å²) < 4.78 is 5.26. The fraction of sp³-hybridized carbons (Fsp3) is 1.00. The van der Waals surface area contributed by atoms with Gasteiger partial charge in [-0.15, -0.1) is 0 Å². The first kappa shape index (κ1) is 12.9. The average Bonchev–Trinajstić information content (AvgIpc) is 1.83. The first-order valence-corrected chi connectivity index (χ1v) is 4.74. The lowest BCUT2D eigenvalue weighted by atomic mass is 10.0. The van der Waals surface area contributed by atoms with Gasteiger partial charge in [0.15, 0.2) is 11.6 Å². The molecule has 0 fully saturated rings. The minimum Gasteiger partial charge on any atom is -0.365 e. The maximum atomic E-state index is 9.79. The van der Waals surface area contributed by atoms with E-state index in [2.05, 4.69) is 0 Å². The Morgan fingerprint density at radius 1 is 0.846 bits per heavy atom. The van der Waals surface area contributed by atoms with E-state index < -0.39 is 11.6 Å². The fourth-order valence-corrected chi connectivity index (χ4v) is 0.654. The number of rotatable bonds is 4. The van der Waals surface area contributed by atoms with Crippen LogP contribution < -0.4 is 0 Å². The summed E-state index contributed by atoms with van der Waals surface area (Å²) in [5, 5.41) is 19.6. The Morgan fingerprint density at radius 3 is 1.23 bits per heavy atom. The largest absolute Gasteiger partial charge is 0.365 e. The van der Waals surface area contributed by atoms with Gasteiger partial charge >= 0.3 is 0 Å². The van der Waals surface area contributed by atoms with Gasteiger partial charge in [0, 0.05) is 11.8 Å². The zero-order valence-corrected chi connectivity index (χ0v) is 9.46. The first-order valence-electron chi connectivity index (χ1n) is 4.74. The van der Waals surface area contributed by atoms with Gasteiger partial charge in [0.05, 0.1) is 0 Å². The molecule has 0 aromatic rings. The van der Waals surface area contributed by atoms with E-state index in [1.807, 2.05) is 27.7 Å². The van der Waals surface area contributed by atoms with Crippen molar-refractivity contribution in [3.63, 3.8) is 0 Å². The van der Waals surface area contributed by atoms with Crippen LogP contribution in [0.3, 0.4) is 0 Å². The third kappa shape index (κ3) is 3.63. The number of aliphatic hydroxyl groups is 2. The Bertz CT molecular complexity index is 142. The summed E-state index contributed by atoms with van der Waals surface area (Å²) in [5.41, 5.74) is 0. The number of ether oxygens (including phenoxy) is 1. The predicted octanol–water partition coefficient (Wildman–Crippen LogP) is 1.73. The molecular formula is C10H22O3. The van der Waals surface area contributed by atoms with Crippen molar-refractivity contribution in [3.05, 3.63) is 0 Å². The molecule has 2 N–H and O–H groups in total. The molecule has 0 aromatic carbocycles. The van der Waals surface area contributed by atoms with Crippen molar-refractivity contribution in [2.24, 2.45) is 11.8 Å². The van der Waals surface area contributed by atoms with Gasteiger partial charge in [0.2, 0.25) is 0 Å². The minimum absolute atomic E-state index is 0.0577. The van der Waals surface area contributed by atoms with Crippen molar-refractivity contribution < 1.29 is 14.9 Å². The van der Waals surface area contributed by atoms with E-state index in [0.29, 0.717) is 0 Å². The molecule has 0 aliphatic rings.